The number of esters is 1. The Morgan fingerprint density at radius 2 is 2.08 bits per heavy atom. The Hall–Kier alpha value is -2.55. The molecule has 0 radical (unpaired) electrons. The molecule has 0 bridgehead atoms. The highest BCUT2D eigenvalue weighted by molar-refractivity contribution is 5.89. The summed E-state index contributed by atoms with van der Waals surface area (Å²) in [6, 6.07) is 4.83. The monoisotopic (exact) mass is 355 g/mol. The van der Waals surface area contributed by atoms with Crippen LogP contribution in [-0.4, -0.2) is 28.6 Å². The van der Waals surface area contributed by atoms with E-state index in [1.165, 1.54) is 24.6 Å². The Labute approximate surface area is 153 Å². The molecule has 2 saturated carbocycles. The van der Waals surface area contributed by atoms with Crippen molar-refractivity contribution in [2.24, 2.45) is 0 Å². The van der Waals surface area contributed by atoms with Gasteiger partial charge in [0.05, 0.1) is 6.07 Å². The largest absolute Gasteiger partial charge is 0.452 e. The van der Waals surface area contributed by atoms with E-state index in [1.807, 2.05) is 6.92 Å². The summed E-state index contributed by atoms with van der Waals surface area (Å²) in [7, 11) is 0. The minimum Gasteiger partial charge on any atom is -0.452 e. The smallest absolute Gasteiger partial charge is 0.331 e. The summed E-state index contributed by atoms with van der Waals surface area (Å²) in [5.74, 6) is -0.990. The second-order valence-corrected chi connectivity index (χ2v) is 7.32. The molecule has 0 atom stereocenters. The third kappa shape index (κ3) is 3.98. The van der Waals surface area contributed by atoms with Crippen molar-refractivity contribution in [2.45, 2.75) is 64.0 Å². The number of hydrogen-bond donors (Lipinski definition) is 1. The summed E-state index contributed by atoms with van der Waals surface area (Å²) in [5, 5.41) is 12.0. The standard InChI is InChI=1S/C20H25N3O3/c1-14-11-16(15(2)23(14)17-6-7-17)5-8-19(25)26-12-18(24)22-20(13-21)9-3-4-10-20/h5,8,11,17H,3-4,6-7,9-10,12H2,1-2H3,(H,22,24)/b8-5+. The lowest BCUT2D eigenvalue weighted by atomic mass is 10.00. The molecule has 0 saturated heterocycles. The normalized spacial score (nSPS) is 18.7. The quantitative estimate of drug-likeness (QED) is 0.628. The van der Waals surface area contributed by atoms with Crippen LogP contribution in [0.5, 0.6) is 0 Å². The molecule has 26 heavy (non-hydrogen) atoms. The highest BCUT2D eigenvalue weighted by Crippen LogP contribution is 2.38. The molecule has 2 aliphatic rings. The summed E-state index contributed by atoms with van der Waals surface area (Å²) in [5.41, 5.74) is 2.53. The van der Waals surface area contributed by atoms with Crippen molar-refractivity contribution >= 4 is 18.0 Å². The van der Waals surface area contributed by atoms with Crippen LogP contribution in [0.2, 0.25) is 0 Å². The van der Waals surface area contributed by atoms with E-state index < -0.39 is 17.4 Å². The summed E-state index contributed by atoms with van der Waals surface area (Å²) in [6.07, 6.45) is 8.66. The van der Waals surface area contributed by atoms with E-state index in [0.29, 0.717) is 18.9 Å². The number of aryl methyl sites for hydroxylation is 1. The van der Waals surface area contributed by atoms with Gasteiger partial charge < -0.3 is 14.6 Å². The van der Waals surface area contributed by atoms with Crippen molar-refractivity contribution in [1.29, 1.82) is 5.26 Å². The zero-order valence-corrected chi connectivity index (χ0v) is 15.4. The van der Waals surface area contributed by atoms with Crippen molar-refractivity contribution in [3.8, 4) is 6.07 Å². The number of rotatable bonds is 6. The molecule has 1 aromatic heterocycles. The molecule has 2 fully saturated rings. The fraction of sp³-hybridized carbons (Fsp3) is 0.550. The third-order valence-electron chi connectivity index (χ3n) is 5.23. The van der Waals surface area contributed by atoms with Gasteiger partial charge in [0.1, 0.15) is 5.54 Å². The van der Waals surface area contributed by atoms with Crippen molar-refractivity contribution in [2.75, 3.05) is 6.61 Å². The summed E-state index contributed by atoms with van der Waals surface area (Å²) >= 11 is 0. The Kier molecular flexibility index (Phi) is 5.17. The van der Waals surface area contributed by atoms with Crippen LogP contribution in [-0.2, 0) is 14.3 Å². The van der Waals surface area contributed by atoms with Gasteiger partial charge in [-0.2, -0.15) is 5.26 Å². The average molecular weight is 355 g/mol. The minimum absolute atomic E-state index is 0.367. The van der Waals surface area contributed by atoms with E-state index in [9.17, 15) is 14.9 Å². The Morgan fingerprint density at radius 3 is 2.69 bits per heavy atom. The zero-order valence-electron chi connectivity index (χ0n) is 15.4. The maximum absolute atomic E-state index is 12.0. The number of ether oxygens (including phenoxy) is 1. The lowest BCUT2D eigenvalue weighted by Crippen LogP contribution is -2.46. The molecule has 2 aliphatic carbocycles. The van der Waals surface area contributed by atoms with Crippen LogP contribution in [0.4, 0.5) is 0 Å². The van der Waals surface area contributed by atoms with Gasteiger partial charge in [-0.15, -0.1) is 0 Å². The van der Waals surface area contributed by atoms with Gasteiger partial charge in [0, 0.05) is 23.5 Å². The van der Waals surface area contributed by atoms with Crippen LogP contribution in [0.25, 0.3) is 6.08 Å². The van der Waals surface area contributed by atoms with E-state index in [4.69, 9.17) is 4.74 Å². The van der Waals surface area contributed by atoms with Crippen molar-refractivity contribution in [3.63, 3.8) is 0 Å². The van der Waals surface area contributed by atoms with E-state index >= 15 is 0 Å². The molecule has 0 aliphatic heterocycles. The molecule has 0 aromatic carbocycles. The van der Waals surface area contributed by atoms with Gasteiger partial charge in [-0.3, -0.25) is 4.79 Å². The van der Waals surface area contributed by atoms with Gasteiger partial charge in [-0.1, -0.05) is 0 Å². The van der Waals surface area contributed by atoms with Gasteiger partial charge in [0.15, 0.2) is 6.61 Å². The number of carbonyl (C=O) groups excluding carboxylic acids is 2. The van der Waals surface area contributed by atoms with Gasteiger partial charge >= 0.3 is 5.97 Å². The second-order valence-electron chi connectivity index (χ2n) is 7.32. The molecule has 6 nitrogen and oxygen atoms in total. The van der Waals surface area contributed by atoms with E-state index in [1.54, 1.807) is 6.08 Å². The van der Waals surface area contributed by atoms with Crippen LogP contribution in [0.15, 0.2) is 12.1 Å². The van der Waals surface area contributed by atoms with Crippen LogP contribution in [0.1, 0.15) is 61.5 Å². The molecule has 1 N–H and O–H groups in total. The first-order valence-electron chi connectivity index (χ1n) is 9.20. The number of nitrogens with zero attached hydrogens (tertiary/aromatic N) is 2. The highest BCUT2D eigenvalue weighted by atomic mass is 16.5. The fourth-order valence-electron chi connectivity index (χ4n) is 3.75. The minimum atomic E-state index is -0.792. The Bertz CT molecular complexity index is 775. The lowest BCUT2D eigenvalue weighted by Gasteiger charge is -2.21. The molecular formula is C20H25N3O3. The van der Waals surface area contributed by atoms with Gasteiger partial charge in [-0.05, 0) is 70.1 Å². The first kappa shape index (κ1) is 18.2. The van der Waals surface area contributed by atoms with Crippen LogP contribution in [0, 0.1) is 25.2 Å². The zero-order chi connectivity index (χ0) is 18.7. The number of hydrogen-bond acceptors (Lipinski definition) is 4. The fourth-order valence-corrected chi connectivity index (χ4v) is 3.75. The van der Waals surface area contributed by atoms with Crippen LogP contribution >= 0.6 is 0 Å². The number of nitrogens with one attached hydrogen (secondary N) is 1. The molecule has 1 heterocycles. The topological polar surface area (TPSA) is 84.1 Å². The molecule has 0 unspecified atom stereocenters. The predicted molar refractivity (Wildman–Crippen MR) is 97.1 cm³/mol. The summed E-state index contributed by atoms with van der Waals surface area (Å²) < 4.78 is 7.31. The van der Waals surface area contributed by atoms with Crippen molar-refractivity contribution in [1.82, 2.24) is 9.88 Å². The Balaban J connectivity index is 1.51. The molecule has 0 spiro atoms. The Morgan fingerprint density at radius 1 is 1.38 bits per heavy atom. The molecule has 3 rings (SSSR count). The number of carbonyl (C=O) groups is 2. The van der Waals surface area contributed by atoms with Gasteiger partial charge in [0.2, 0.25) is 0 Å². The molecule has 1 aromatic rings. The first-order valence-corrected chi connectivity index (χ1v) is 9.20. The predicted octanol–water partition coefficient (Wildman–Crippen LogP) is 2.95. The van der Waals surface area contributed by atoms with Crippen molar-refractivity contribution < 1.29 is 14.3 Å². The van der Waals surface area contributed by atoms with Gasteiger partial charge in [-0.25, -0.2) is 4.79 Å². The van der Waals surface area contributed by atoms with E-state index in [2.05, 4.69) is 28.9 Å². The van der Waals surface area contributed by atoms with Gasteiger partial charge in [0.25, 0.3) is 5.91 Å². The van der Waals surface area contributed by atoms with E-state index in [0.717, 1.165) is 24.1 Å². The molecule has 6 heteroatoms. The van der Waals surface area contributed by atoms with Crippen molar-refractivity contribution in [3.05, 3.63) is 29.1 Å². The summed E-state index contributed by atoms with van der Waals surface area (Å²) in [6.45, 7) is 3.75. The highest BCUT2D eigenvalue weighted by Gasteiger charge is 2.35. The second kappa shape index (κ2) is 7.36. The maximum atomic E-state index is 12.0. The SMILES string of the molecule is Cc1cc(/C=C/C(=O)OCC(=O)NC2(C#N)CCCC2)c(C)n1C1CC1. The number of aromatic nitrogens is 1. The lowest BCUT2D eigenvalue weighted by molar-refractivity contribution is -0.144. The van der Waals surface area contributed by atoms with E-state index in [-0.39, 0.29) is 6.61 Å². The van der Waals surface area contributed by atoms with Crippen LogP contribution < -0.4 is 5.32 Å². The first-order chi connectivity index (χ1) is 12.4. The van der Waals surface area contributed by atoms with Crippen LogP contribution in [0.3, 0.4) is 0 Å². The molecule has 1 amide bonds. The third-order valence-corrected chi connectivity index (χ3v) is 5.23. The number of nitriles is 1. The summed E-state index contributed by atoms with van der Waals surface area (Å²) in [4.78, 5) is 23.9. The average Bonchev–Trinajstić information content (AvgIpc) is 3.26. The maximum Gasteiger partial charge on any atom is 0.331 e. The molecule has 138 valence electrons. The number of amides is 1. The molecular weight excluding hydrogens is 330 g/mol.